The Labute approximate surface area is 188 Å². The van der Waals surface area contributed by atoms with Crippen LogP contribution in [0.3, 0.4) is 0 Å². The summed E-state index contributed by atoms with van der Waals surface area (Å²) >= 11 is 0. The minimum absolute atomic E-state index is 0.989. The lowest BCUT2D eigenvalue weighted by Crippen LogP contribution is -2.07. The Balaban J connectivity index is 0.000000807. The van der Waals surface area contributed by atoms with E-state index < -0.39 is 0 Å². The normalized spacial score (nSPS) is 9.61. The van der Waals surface area contributed by atoms with Crippen molar-refractivity contribution in [3.05, 3.63) is 97.1 Å². The van der Waals surface area contributed by atoms with E-state index in [-0.39, 0.29) is 0 Å². The number of anilines is 1. The number of benzene rings is 3. The number of aromatic nitrogens is 1. The molecule has 0 N–H and O–H groups in total. The molecular weight excluding hydrogens is 376 g/mol. The van der Waals surface area contributed by atoms with Crippen molar-refractivity contribution in [2.24, 2.45) is 0 Å². The van der Waals surface area contributed by atoms with Gasteiger partial charge in [0.25, 0.3) is 0 Å². The van der Waals surface area contributed by atoms with E-state index in [1.54, 1.807) is 0 Å². The van der Waals surface area contributed by atoms with Crippen LogP contribution >= 0.6 is 0 Å². The van der Waals surface area contributed by atoms with Gasteiger partial charge in [-0.15, -0.1) is 0 Å². The molecule has 0 unspecified atom stereocenters. The summed E-state index contributed by atoms with van der Waals surface area (Å²) in [5.74, 6) is 0. The fourth-order valence-corrected chi connectivity index (χ4v) is 3.16. The number of rotatable bonds is 4. The van der Waals surface area contributed by atoms with Crippen LogP contribution in [0.25, 0.3) is 33.6 Å². The van der Waals surface area contributed by atoms with Gasteiger partial charge in [0, 0.05) is 30.9 Å². The van der Waals surface area contributed by atoms with Crippen LogP contribution in [0.2, 0.25) is 0 Å². The molecule has 0 aliphatic rings. The second kappa shape index (κ2) is 12.3. The molecule has 1 heterocycles. The molecule has 0 spiro atoms. The van der Waals surface area contributed by atoms with Crippen molar-refractivity contribution in [3.63, 3.8) is 0 Å². The SMILES string of the molecule is CC.CC.CN(C)c1ccc(-c2cc(-c3ccccc3)nc(-c3ccccc3)c2)cc1. The maximum atomic E-state index is 4.94. The summed E-state index contributed by atoms with van der Waals surface area (Å²) in [5.41, 5.74) is 7.79. The molecule has 0 saturated heterocycles. The number of pyridine rings is 1. The zero-order chi connectivity index (χ0) is 22.6. The molecule has 0 fully saturated rings. The summed E-state index contributed by atoms with van der Waals surface area (Å²) in [6.07, 6.45) is 0. The van der Waals surface area contributed by atoms with E-state index >= 15 is 0 Å². The zero-order valence-electron chi connectivity index (χ0n) is 19.6. The molecule has 0 amide bonds. The second-order valence-electron chi connectivity index (χ2n) is 6.80. The summed E-state index contributed by atoms with van der Waals surface area (Å²) in [7, 11) is 4.12. The van der Waals surface area contributed by atoms with E-state index in [0.29, 0.717) is 0 Å². The molecule has 0 aliphatic heterocycles. The Kier molecular flexibility index (Phi) is 9.51. The average Bonchev–Trinajstić information content (AvgIpc) is 2.87. The van der Waals surface area contributed by atoms with Crippen molar-refractivity contribution >= 4 is 5.69 Å². The van der Waals surface area contributed by atoms with Gasteiger partial charge in [0.1, 0.15) is 0 Å². The van der Waals surface area contributed by atoms with E-state index in [0.717, 1.165) is 22.5 Å². The summed E-state index contributed by atoms with van der Waals surface area (Å²) in [5, 5.41) is 0. The maximum Gasteiger partial charge on any atom is 0.0715 e. The van der Waals surface area contributed by atoms with Gasteiger partial charge in [0.15, 0.2) is 0 Å². The van der Waals surface area contributed by atoms with Crippen LogP contribution in [0.5, 0.6) is 0 Å². The first kappa shape index (κ1) is 23.9. The van der Waals surface area contributed by atoms with Crippen molar-refractivity contribution < 1.29 is 0 Å². The lowest BCUT2D eigenvalue weighted by atomic mass is 10.00. The molecule has 0 saturated carbocycles. The van der Waals surface area contributed by atoms with Gasteiger partial charge in [-0.05, 0) is 35.4 Å². The molecule has 2 heteroatoms. The minimum atomic E-state index is 0.989. The van der Waals surface area contributed by atoms with Crippen LogP contribution in [-0.2, 0) is 0 Å². The van der Waals surface area contributed by atoms with E-state index in [1.807, 2.05) is 39.8 Å². The molecular formula is C29H34N2. The third-order valence-electron chi connectivity index (χ3n) is 4.68. The first-order valence-corrected chi connectivity index (χ1v) is 11.1. The highest BCUT2D eigenvalue weighted by Crippen LogP contribution is 2.30. The first-order valence-electron chi connectivity index (χ1n) is 11.1. The molecule has 4 rings (SSSR count). The Bertz CT molecular complexity index is 964. The molecule has 0 radical (unpaired) electrons. The highest BCUT2D eigenvalue weighted by atomic mass is 15.1. The van der Waals surface area contributed by atoms with Crippen molar-refractivity contribution in [1.29, 1.82) is 0 Å². The van der Waals surface area contributed by atoms with Crippen LogP contribution in [0.15, 0.2) is 97.1 Å². The van der Waals surface area contributed by atoms with Crippen LogP contribution in [-0.4, -0.2) is 19.1 Å². The molecule has 0 atom stereocenters. The highest BCUT2D eigenvalue weighted by molar-refractivity contribution is 5.77. The Morgan fingerprint density at radius 2 is 0.903 bits per heavy atom. The lowest BCUT2D eigenvalue weighted by Gasteiger charge is -2.14. The molecule has 0 bridgehead atoms. The average molecular weight is 411 g/mol. The summed E-state index contributed by atoms with van der Waals surface area (Å²) in [6.45, 7) is 8.00. The van der Waals surface area contributed by atoms with Crippen molar-refractivity contribution in [2.45, 2.75) is 27.7 Å². The van der Waals surface area contributed by atoms with Gasteiger partial charge < -0.3 is 4.90 Å². The Morgan fingerprint density at radius 3 is 1.29 bits per heavy atom. The predicted octanol–water partition coefficient (Wildman–Crippen LogP) is 8.20. The van der Waals surface area contributed by atoms with Crippen molar-refractivity contribution in [2.75, 3.05) is 19.0 Å². The number of nitrogens with zero attached hydrogens (tertiary/aromatic N) is 2. The minimum Gasteiger partial charge on any atom is -0.378 e. The first-order chi connectivity index (χ1) is 15.2. The van der Waals surface area contributed by atoms with Gasteiger partial charge in [-0.25, -0.2) is 4.98 Å². The fraction of sp³-hybridized carbons (Fsp3) is 0.207. The number of hydrogen-bond donors (Lipinski definition) is 0. The molecule has 2 nitrogen and oxygen atoms in total. The van der Waals surface area contributed by atoms with E-state index in [2.05, 4.69) is 104 Å². The quantitative estimate of drug-likeness (QED) is 0.337. The topological polar surface area (TPSA) is 16.1 Å². The molecule has 0 aliphatic carbocycles. The van der Waals surface area contributed by atoms with Gasteiger partial charge in [0.05, 0.1) is 11.4 Å². The van der Waals surface area contributed by atoms with Gasteiger partial charge in [-0.2, -0.15) is 0 Å². The number of hydrogen-bond acceptors (Lipinski definition) is 2. The Morgan fingerprint density at radius 1 is 0.484 bits per heavy atom. The van der Waals surface area contributed by atoms with Crippen LogP contribution < -0.4 is 4.90 Å². The van der Waals surface area contributed by atoms with Crippen LogP contribution in [0.1, 0.15) is 27.7 Å². The standard InChI is InChI=1S/C25H22N2.2C2H6/c1-27(2)23-15-13-19(14-16-23)22-17-24(20-9-5-3-6-10-20)26-25(18-22)21-11-7-4-8-12-21;2*1-2/h3-18H,1-2H3;2*1-2H3. The largest absolute Gasteiger partial charge is 0.378 e. The van der Waals surface area contributed by atoms with Crippen molar-refractivity contribution in [3.8, 4) is 33.6 Å². The summed E-state index contributed by atoms with van der Waals surface area (Å²) in [4.78, 5) is 7.05. The lowest BCUT2D eigenvalue weighted by molar-refractivity contribution is 1.13. The third-order valence-corrected chi connectivity index (χ3v) is 4.68. The zero-order valence-corrected chi connectivity index (χ0v) is 19.6. The summed E-state index contributed by atoms with van der Waals surface area (Å²) < 4.78 is 0. The van der Waals surface area contributed by atoms with Gasteiger partial charge >= 0.3 is 0 Å². The maximum absolute atomic E-state index is 4.94. The van der Waals surface area contributed by atoms with E-state index in [1.165, 1.54) is 16.8 Å². The van der Waals surface area contributed by atoms with E-state index in [9.17, 15) is 0 Å². The summed E-state index contributed by atoms with van der Waals surface area (Å²) in [6, 6.07) is 33.7. The molecule has 1 aromatic heterocycles. The van der Waals surface area contributed by atoms with Gasteiger partial charge in [-0.1, -0.05) is 100 Å². The third kappa shape index (κ3) is 6.29. The molecule has 4 aromatic rings. The smallest absolute Gasteiger partial charge is 0.0715 e. The Hall–Kier alpha value is -3.39. The molecule has 160 valence electrons. The van der Waals surface area contributed by atoms with Gasteiger partial charge in [-0.3, -0.25) is 0 Å². The van der Waals surface area contributed by atoms with Crippen LogP contribution in [0.4, 0.5) is 5.69 Å². The predicted molar refractivity (Wildman–Crippen MR) is 138 cm³/mol. The molecule has 31 heavy (non-hydrogen) atoms. The highest BCUT2D eigenvalue weighted by Gasteiger charge is 2.09. The second-order valence-corrected chi connectivity index (χ2v) is 6.80. The monoisotopic (exact) mass is 410 g/mol. The van der Waals surface area contributed by atoms with Crippen LogP contribution in [0, 0.1) is 0 Å². The molecule has 3 aromatic carbocycles. The van der Waals surface area contributed by atoms with Crippen molar-refractivity contribution in [1.82, 2.24) is 4.98 Å². The van der Waals surface area contributed by atoms with Gasteiger partial charge in [0.2, 0.25) is 0 Å². The van der Waals surface area contributed by atoms with E-state index in [4.69, 9.17) is 4.98 Å². The fourth-order valence-electron chi connectivity index (χ4n) is 3.16.